The number of rotatable bonds is 7. The summed E-state index contributed by atoms with van der Waals surface area (Å²) in [5.74, 6) is -1.02. The van der Waals surface area contributed by atoms with E-state index in [0.29, 0.717) is 13.0 Å². The van der Waals surface area contributed by atoms with E-state index in [-0.39, 0.29) is 35.3 Å². The van der Waals surface area contributed by atoms with Gasteiger partial charge in [-0.05, 0) is 31.6 Å². The number of likely N-dealkylation sites (tertiary alicyclic amines) is 1. The summed E-state index contributed by atoms with van der Waals surface area (Å²) in [5.41, 5.74) is 0. The number of hydrogen-bond donors (Lipinski definition) is 2. The SMILES string of the molecule is CC(=O)N[C@H](C(=O)N1CCC[C@H]1C(=O)N[C@H](C(C)=O)C(C)C)C(C)C. The molecule has 2 N–H and O–H groups in total. The molecule has 0 aromatic rings. The molecule has 1 heterocycles. The van der Waals surface area contributed by atoms with Gasteiger partial charge in [0.2, 0.25) is 17.7 Å². The monoisotopic (exact) mass is 353 g/mol. The van der Waals surface area contributed by atoms with Crippen molar-refractivity contribution in [2.24, 2.45) is 11.8 Å². The van der Waals surface area contributed by atoms with Crippen molar-refractivity contribution in [3.05, 3.63) is 0 Å². The third-order valence-electron chi connectivity index (χ3n) is 4.53. The first-order valence-electron chi connectivity index (χ1n) is 8.94. The maximum Gasteiger partial charge on any atom is 0.246 e. The Morgan fingerprint density at radius 1 is 0.920 bits per heavy atom. The van der Waals surface area contributed by atoms with Crippen LogP contribution >= 0.6 is 0 Å². The molecule has 1 aliphatic heterocycles. The fraction of sp³-hybridized carbons (Fsp3) is 0.778. The normalized spacial score (nSPS) is 19.7. The largest absolute Gasteiger partial charge is 0.344 e. The Hall–Kier alpha value is -1.92. The van der Waals surface area contributed by atoms with Crippen LogP contribution in [0.25, 0.3) is 0 Å². The van der Waals surface area contributed by atoms with Crippen molar-refractivity contribution in [3.8, 4) is 0 Å². The molecule has 1 rings (SSSR count). The fourth-order valence-electron chi connectivity index (χ4n) is 3.20. The summed E-state index contributed by atoms with van der Waals surface area (Å²) >= 11 is 0. The molecule has 0 radical (unpaired) electrons. The lowest BCUT2D eigenvalue weighted by atomic mass is 9.99. The fourth-order valence-corrected chi connectivity index (χ4v) is 3.20. The van der Waals surface area contributed by atoms with E-state index in [9.17, 15) is 19.2 Å². The van der Waals surface area contributed by atoms with Crippen LogP contribution in [0, 0.1) is 11.8 Å². The minimum absolute atomic E-state index is 0.0187. The van der Waals surface area contributed by atoms with E-state index in [1.54, 1.807) is 0 Å². The van der Waals surface area contributed by atoms with Crippen molar-refractivity contribution < 1.29 is 19.2 Å². The van der Waals surface area contributed by atoms with Crippen LogP contribution in [0.4, 0.5) is 0 Å². The zero-order valence-electron chi connectivity index (χ0n) is 16.1. The van der Waals surface area contributed by atoms with Crippen LogP contribution in [0.15, 0.2) is 0 Å². The molecule has 25 heavy (non-hydrogen) atoms. The smallest absolute Gasteiger partial charge is 0.246 e. The van der Waals surface area contributed by atoms with Crippen LogP contribution in [0.5, 0.6) is 0 Å². The van der Waals surface area contributed by atoms with Gasteiger partial charge in [0.15, 0.2) is 5.78 Å². The second-order valence-electron chi connectivity index (χ2n) is 7.45. The van der Waals surface area contributed by atoms with E-state index in [4.69, 9.17) is 0 Å². The van der Waals surface area contributed by atoms with Crippen LogP contribution in [0.3, 0.4) is 0 Å². The van der Waals surface area contributed by atoms with Gasteiger partial charge in [0.05, 0.1) is 6.04 Å². The van der Waals surface area contributed by atoms with Gasteiger partial charge in [-0.2, -0.15) is 0 Å². The Morgan fingerprint density at radius 2 is 1.48 bits per heavy atom. The Labute approximate surface area is 149 Å². The van der Waals surface area contributed by atoms with Crippen LogP contribution < -0.4 is 10.6 Å². The molecule has 142 valence electrons. The number of carbonyl (C=O) groups excluding carboxylic acids is 4. The van der Waals surface area contributed by atoms with Gasteiger partial charge >= 0.3 is 0 Å². The van der Waals surface area contributed by atoms with E-state index < -0.39 is 18.1 Å². The van der Waals surface area contributed by atoms with Gasteiger partial charge in [0.25, 0.3) is 0 Å². The molecule has 0 bridgehead atoms. The first-order valence-corrected chi connectivity index (χ1v) is 8.94. The van der Waals surface area contributed by atoms with E-state index in [1.807, 2.05) is 27.7 Å². The highest BCUT2D eigenvalue weighted by Crippen LogP contribution is 2.21. The van der Waals surface area contributed by atoms with Crippen LogP contribution in [-0.4, -0.2) is 53.1 Å². The van der Waals surface area contributed by atoms with E-state index in [2.05, 4.69) is 10.6 Å². The van der Waals surface area contributed by atoms with Crippen LogP contribution in [-0.2, 0) is 19.2 Å². The van der Waals surface area contributed by atoms with Gasteiger partial charge in [-0.25, -0.2) is 0 Å². The second-order valence-corrected chi connectivity index (χ2v) is 7.45. The Bertz CT molecular complexity index is 530. The minimum atomic E-state index is -0.653. The zero-order chi connectivity index (χ0) is 19.3. The first kappa shape index (κ1) is 21.1. The predicted molar refractivity (Wildman–Crippen MR) is 94.6 cm³/mol. The van der Waals surface area contributed by atoms with E-state index in [0.717, 1.165) is 6.42 Å². The van der Waals surface area contributed by atoms with Gasteiger partial charge in [-0.1, -0.05) is 27.7 Å². The third kappa shape index (κ3) is 5.54. The summed E-state index contributed by atoms with van der Waals surface area (Å²) in [6.07, 6.45) is 1.28. The van der Waals surface area contributed by atoms with Crippen molar-refractivity contribution in [2.75, 3.05) is 6.54 Å². The van der Waals surface area contributed by atoms with Crippen LogP contribution in [0.1, 0.15) is 54.4 Å². The molecule has 0 unspecified atom stereocenters. The van der Waals surface area contributed by atoms with Crippen molar-refractivity contribution in [1.29, 1.82) is 0 Å². The standard InChI is InChI=1S/C18H31N3O4/c1-10(2)15(12(5)22)20-17(24)14-8-7-9-21(14)18(25)16(11(3)4)19-13(6)23/h10-11,14-16H,7-9H2,1-6H3,(H,19,23)(H,20,24)/t14-,15-,16-/m0/s1. The first-order chi connectivity index (χ1) is 11.6. The molecule has 7 nitrogen and oxygen atoms in total. The summed E-state index contributed by atoms with van der Waals surface area (Å²) in [6, 6.07) is -1.80. The van der Waals surface area contributed by atoms with Gasteiger partial charge in [0.1, 0.15) is 12.1 Å². The summed E-state index contributed by atoms with van der Waals surface area (Å²) in [5, 5.41) is 5.46. The van der Waals surface area contributed by atoms with Crippen molar-refractivity contribution in [2.45, 2.75) is 72.5 Å². The summed E-state index contributed by atoms with van der Waals surface area (Å²) in [4.78, 5) is 50.2. The summed E-state index contributed by atoms with van der Waals surface area (Å²) in [6.45, 7) is 10.8. The van der Waals surface area contributed by atoms with Gasteiger partial charge in [-0.15, -0.1) is 0 Å². The highest BCUT2D eigenvalue weighted by molar-refractivity contribution is 5.94. The zero-order valence-corrected chi connectivity index (χ0v) is 16.1. The molecular weight excluding hydrogens is 322 g/mol. The van der Waals surface area contributed by atoms with Crippen LogP contribution in [0.2, 0.25) is 0 Å². The molecule has 0 spiro atoms. The molecule has 0 saturated carbocycles. The Balaban J connectivity index is 2.90. The van der Waals surface area contributed by atoms with Crippen molar-refractivity contribution in [1.82, 2.24) is 15.5 Å². The minimum Gasteiger partial charge on any atom is -0.344 e. The van der Waals surface area contributed by atoms with Gasteiger partial charge in [-0.3, -0.25) is 19.2 Å². The molecular formula is C18H31N3O4. The molecule has 7 heteroatoms. The molecule has 0 aromatic carbocycles. The number of nitrogens with one attached hydrogen (secondary N) is 2. The van der Waals surface area contributed by atoms with Crippen molar-refractivity contribution in [3.63, 3.8) is 0 Å². The molecule has 0 aromatic heterocycles. The van der Waals surface area contributed by atoms with Gasteiger partial charge < -0.3 is 15.5 Å². The highest BCUT2D eigenvalue weighted by atomic mass is 16.2. The lowest BCUT2D eigenvalue weighted by molar-refractivity contribution is -0.142. The summed E-state index contributed by atoms with van der Waals surface area (Å²) in [7, 11) is 0. The summed E-state index contributed by atoms with van der Waals surface area (Å²) < 4.78 is 0. The van der Waals surface area contributed by atoms with E-state index in [1.165, 1.54) is 18.7 Å². The lowest BCUT2D eigenvalue weighted by Crippen LogP contribution is -2.56. The highest BCUT2D eigenvalue weighted by Gasteiger charge is 2.39. The second kappa shape index (κ2) is 8.97. The maximum absolute atomic E-state index is 12.9. The predicted octanol–water partition coefficient (Wildman–Crippen LogP) is 0.868. The quantitative estimate of drug-likeness (QED) is 0.710. The maximum atomic E-state index is 12.9. The molecule has 3 amide bonds. The number of amides is 3. The third-order valence-corrected chi connectivity index (χ3v) is 4.53. The number of carbonyl (C=O) groups is 4. The van der Waals surface area contributed by atoms with E-state index >= 15 is 0 Å². The number of Topliss-reactive ketones (excluding diaryl/α,β-unsaturated/α-hetero) is 1. The molecule has 3 atom stereocenters. The van der Waals surface area contributed by atoms with Gasteiger partial charge in [0, 0.05) is 13.5 Å². The number of nitrogens with zero attached hydrogens (tertiary/aromatic N) is 1. The molecule has 1 aliphatic rings. The lowest BCUT2D eigenvalue weighted by Gasteiger charge is -2.31. The number of ketones is 1. The Kier molecular flexibility index (Phi) is 7.58. The number of hydrogen-bond acceptors (Lipinski definition) is 4. The average molecular weight is 353 g/mol. The molecule has 0 aliphatic carbocycles. The van der Waals surface area contributed by atoms with Crippen molar-refractivity contribution >= 4 is 23.5 Å². The average Bonchev–Trinajstić information content (AvgIpc) is 2.97. The topological polar surface area (TPSA) is 95.6 Å². The molecule has 1 saturated heterocycles. The Morgan fingerprint density at radius 3 is 1.92 bits per heavy atom. The molecule has 1 fully saturated rings.